The predicted molar refractivity (Wildman–Crippen MR) is 135 cm³/mol. The zero-order valence-electron chi connectivity index (χ0n) is 19.9. The molecule has 3 rings (SSSR count). The summed E-state index contributed by atoms with van der Waals surface area (Å²) in [4.78, 5) is 28.0. The third-order valence-corrected chi connectivity index (χ3v) is 6.91. The second-order valence-corrected chi connectivity index (χ2v) is 9.14. The van der Waals surface area contributed by atoms with Crippen molar-refractivity contribution >= 4 is 27.4 Å². The van der Waals surface area contributed by atoms with Crippen LogP contribution in [0.15, 0.2) is 32.3 Å². The smallest absolute Gasteiger partial charge is 0.332 e. The summed E-state index contributed by atoms with van der Waals surface area (Å²) in [6.07, 6.45) is 3.11. The van der Waals surface area contributed by atoms with E-state index in [9.17, 15) is 14.7 Å². The third kappa shape index (κ3) is 5.48. The maximum Gasteiger partial charge on any atom is 0.332 e. The van der Waals surface area contributed by atoms with Crippen LogP contribution in [0.2, 0.25) is 0 Å². The highest BCUT2D eigenvalue weighted by molar-refractivity contribution is 9.10. The Hall–Kier alpha value is -2.34. The number of hydrogen-bond donors (Lipinski definition) is 3. The van der Waals surface area contributed by atoms with Crippen LogP contribution >= 0.6 is 15.9 Å². The highest BCUT2D eigenvalue weighted by Crippen LogP contribution is 2.28. The van der Waals surface area contributed by atoms with Gasteiger partial charge in [-0.3, -0.25) is 19.2 Å². The van der Waals surface area contributed by atoms with E-state index in [1.54, 1.807) is 21.1 Å². The number of aliphatic hydroxyl groups excluding tert-OH is 1. The van der Waals surface area contributed by atoms with E-state index in [1.807, 2.05) is 23.1 Å². The first kappa shape index (κ1) is 26.3. The Morgan fingerprint density at radius 2 is 2.03 bits per heavy atom. The summed E-state index contributed by atoms with van der Waals surface area (Å²) in [6, 6.07) is 5.84. The number of anilines is 2. The Morgan fingerprint density at radius 1 is 1.26 bits per heavy atom. The van der Waals surface area contributed by atoms with Gasteiger partial charge < -0.3 is 25.2 Å². The van der Waals surface area contributed by atoms with Crippen LogP contribution in [0.3, 0.4) is 0 Å². The van der Waals surface area contributed by atoms with E-state index < -0.39 is 11.2 Å². The van der Waals surface area contributed by atoms with E-state index >= 15 is 0 Å². The summed E-state index contributed by atoms with van der Waals surface area (Å²) >= 11 is 3.52. The topological polar surface area (TPSA) is 124 Å². The Balaban J connectivity index is 2.05. The number of nitrogens with zero attached hydrogens (tertiary/aromatic N) is 3. The van der Waals surface area contributed by atoms with E-state index in [0.717, 1.165) is 33.9 Å². The van der Waals surface area contributed by atoms with Crippen LogP contribution in [-0.4, -0.2) is 53.9 Å². The van der Waals surface area contributed by atoms with Crippen molar-refractivity contribution in [3.63, 3.8) is 0 Å². The lowest BCUT2D eigenvalue weighted by molar-refractivity contribution is 0.0853. The second kappa shape index (κ2) is 11.9. The molecule has 1 aliphatic carbocycles. The molecule has 34 heavy (non-hydrogen) atoms. The van der Waals surface area contributed by atoms with Gasteiger partial charge in [0.1, 0.15) is 17.3 Å². The van der Waals surface area contributed by atoms with Crippen molar-refractivity contribution in [3.8, 4) is 5.75 Å². The van der Waals surface area contributed by atoms with Crippen LogP contribution in [0.1, 0.15) is 31.7 Å². The molecule has 2 aromatic rings. The van der Waals surface area contributed by atoms with Gasteiger partial charge in [-0.05, 0) is 59.8 Å². The van der Waals surface area contributed by atoms with Crippen molar-refractivity contribution in [2.24, 2.45) is 0 Å². The lowest BCUT2D eigenvalue weighted by Crippen LogP contribution is -2.48. The number of nitrogens with one attached hydrogen (secondary N) is 1. The van der Waals surface area contributed by atoms with Gasteiger partial charge in [0.25, 0.3) is 5.56 Å². The van der Waals surface area contributed by atoms with Crippen molar-refractivity contribution in [2.75, 3.05) is 38.1 Å². The summed E-state index contributed by atoms with van der Waals surface area (Å²) < 4.78 is 14.1. The van der Waals surface area contributed by atoms with Crippen molar-refractivity contribution < 1.29 is 14.6 Å². The molecule has 1 heterocycles. The average molecular weight is 540 g/mol. The molecule has 4 N–H and O–H groups in total. The third-order valence-electron chi connectivity index (χ3n) is 6.29. The van der Waals surface area contributed by atoms with Gasteiger partial charge in [0, 0.05) is 26.2 Å². The Morgan fingerprint density at radius 3 is 2.65 bits per heavy atom. The molecular formula is C23H34BrN5O5. The molecule has 1 aromatic heterocycles. The molecule has 0 saturated heterocycles. The number of nitrogens with two attached hydrogens (primary N) is 1. The van der Waals surface area contributed by atoms with E-state index in [4.69, 9.17) is 15.2 Å². The van der Waals surface area contributed by atoms with Gasteiger partial charge >= 0.3 is 5.69 Å². The molecule has 0 aliphatic heterocycles. The molecule has 1 fully saturated rings. The van der Waals surface area contributed by atoms with Crippen LogP contribution in [0, 0.1) is 0 Å². The van der Waals surface area contributed by atoms with Gasteiger partial charge in [0.05, 0.1) is 37.5 Å². The summed E-state index contributed by atoms with van der Waals surface area (Å²) in [5, 5.41) is 13.0. The average Bonchev–Trinajstić information content (AvgIpc) is 3.28. The van der Waals surface area contributed by atoms with Gasteiger partial charge in [-0.1, -0.05) is 6.07 Å². The molecule has 0 amide bonds. The maximum absolute atomic E-state index is 13.4. The van der Waals surface area contributed by atoms with Gasteiger partial charge in [-0.25, -0.2) is 4.79 Å². The van der Waals surface area contributed by atoms with E-state index in [-0.39, 0.29) is 43.3 Å². The van der Waals surface area contributed by atoms with Crippen LogP contribution in [0.5, 0.6) is 5.75 Å². The highest BCUT2D eigenvalue weighted by Gasteiger charge is 2.28. The number of aliphatic hydroxyl groups is 1. The van der Waals surface area contributed by atoms with Crippen LogP contribution < -0.4 is 31.9 Å². The zero-order valence-corrected chi connectivity index (χ0v) is 21.5. The Kier molecular flexibility index (Phi) is 9.17. The molecule has 0 spiro atoms. The van der Waals surface area contributed by atoms with Crippen molar-refractivity contribution in [3.05, 3.63) is 49.1 Å². The first-order valence-electron chi connectivity index (χ1n) is 11.4. The fraction of sp³-hybridized carbons (Fsp3) is 0.565. The molecule has 1 aromatic carbocycles. The van der Waals surface area contributed by atoms with Crippen molar-refractivity contribution in [1.29, 1.82) is 0 Å². The van der Waals surface area contributed by atoms with E-state index in [2.05, 4.69) is 21.2 Å². The number of benzene rings is 1. The zero-order chi connectivity index (χ0) is 24.8. The molecule has 1 aliphatic rings. The first-order valence-corrected chi connectivity index (χ1v) is 12.2. The lowest BCUT2D eigenvalue weighted by atomic mass is 10.2. The van der Waals surface area contributed by atoms with Crippen LogP contribution in [0.4, 0.5) is 11.5 Å². The Bertz CT molecular complexity index is 1100. The molecule has 0 bridgehead atoms. The van der Waals surface area contributed by atoms with E-state index in [0.29, 0.717) is 19.0 Å². The number of nitrogen functional groups attached to an aromatic ring is 1. The standard InChI is InChI=1S/C23H34BrN5O5/c1-4-28-22(31)20(21(25)29(10-11-30)23(28)32)27(14-26-17-6-5-7-19(17)34-3)13-15-8-9-18(33-2)16(24)12-15/h8-9,12,17,19,26,30H,4-7,10-11,13-14,25H2,1-3H3/t17-,19?/m1/s1. The largest absolute Gasteiger partial charge is 0.496 e. The van der Waals surface area contributed by atoms with Gasteiger partial charge in [0.2, 0.25) is 0 Å². The SMILES string of the molecule is CCn1c(=O)c(N(CN[C@@H]2CCCC2OC)Cc2ccc(OC)c(Br)c2)c(N)n(CCO)c1=O. The number of methoxy groups -OCH3 is 2. The molecule has 11 heteroatoms. The normalized spacial score (nSPS) is 17.8. The molecular weight excluding hydrogens is 506 g/mol. The molecule has 1 saturated carbocycles. The van der Waals surface area contributed by atoms with Gasteiger partial charge in [-0.15, -0.1) is 0 Å². The summed E-state index contributed by atoms with van der Waals surface area (Å²) in [5.74, 6) is 0.740. The minimum Gasteiger partial charge on any atom is -0.496 e. The first-order chi connectivity index (χ1) is 16.4. The van der Waals surface area contributed by atoms with Crippen LogP contribution in [0.25, 0.3) is 0 Å². The highest BCUT2D eigenvalue weighted by atomic mass is 79.9. The van der Waals surface area contributed by atoms with Gasteiger partial charge in [0.15, 0.2) is 0 Å². The number of aromatic nitrogens is 2. The number of hydrogen-bond acceptors (Lipinski definition) is 8. The molecule has 0 radical (unpaired) electrons. The number of halogens is 1. The molecule has 1 unspecified atom stereocenters. The fourth-order valence-electron chi connectivity index (χ4n) is 4.50. The fourth-order valence-corrected chi connectivity index (χ4v) is 5.09. The minimum atomic E-state index is -0.529. The molecule has 2 atom stereocenters. The van der Waals surface area contributed by atoms with Crippen LogP contribution in [-0.2, 0) is 24.4 Å². The summed E-state index contributed by atoms with van der Waals surface area (Å²) in [7, 11) is 3.31. The number of rotatable bonds is 11. The quantitative estimate of drug-likeness (QED) is 0.367. The minimum absolute atomic E-state index is 0.00166. The van der Waals surface area contributed by atoms with E-state index in [1.165, 1.54) is 4.57 Å². The number of ether oxygens (including phenoxy) is 2. The predicted octanol–water partition coefficient (Wildman–Crippen LogP) is 1.50. The second-order valence-electron chi connectivity index (χ2n) is 8.28. The summed E-state index contributed by atoms with van der Waals surface area (Å²) in [5.41, 5.74) is 6.54. The molecule has 188 valence electrons. The Labute approximate surface area is 207 Å². The van der Waals surface area contributed by atoms with Crippen molar-refractivity contribution in [2.45, 2.75) is 58.0 Å². The van der Waals surface area contributed by atoms with Gasteiger partial charge in [-0.2, -0.15) is 0 Å². The monoisotopic (exact) mass is 539 g/mol. The molecule has 10 nitrogen and oxygen atoms in total. The lowest BCUT2D eigenvalue weighted by Gasteiger charge is -2.30. The summed E-state index contributed by atoms with van der Waals surface area (Å²) in [6.45, 7) is 2.35. The maximum atomic E-state index is 13.4. The van der Waals surface area contributed by atoms with Crippen molar-refractivity contribution in [1.82, 2.24) is 14.5 Å².